The summed E-state index contributed by atoms with van der Waals surface area (Å²) in [6.45, 7) is 0. The Labute approximate surface area is 334 Å². The first kappa shape index (κ1) is 33.1. The lowest BCUT2D eigenvalue weighted by molar-refractivity contribution is 1.18. The van der Waals surface area contributed by atoms with Crippen molar-refractivity contribution in [3.63, 3.8) is 0 Å². The molecule has 0 atom stereocenters. The molecule has 0 fully saturated rings. The summed E-state index contributed by atoms with van der Waals surface area (Å²) in [6, 6.07) is 70.7. The third-order valence-corrected chi connectivity index (χ3v) is 12.1. The van der Waals surface area contributed by atoms with Gasteiger partial charge in [-0.1, -0.05) is 182 Å². The average molecular weight is 744 g/mol. The molecule has 0 aliphatic rings. The third-order valence-electron chi connectivity index (χ3n) is 10.9. The number of hydrogen-bond acceptors (Lipinski definition) is 4. The minimum absolute atomic E-state index is 0.683. The molecule has 266 valence electrons. The van der Waals surface area contributed by atoms with Crippen molar-refractivity contribution in [2.45, 2.75) is 0 Å². The van der Waals surface area contributed by atoms with Gasteiger partial charge in [0.2, 0.25) is 0 Å². The van der Waals surface area contributed by atoms with Crippen LogP contribution >= 0.6 is 11.3 Å². The van der Waals surface area contributed by atoms with E-state index in [4.69, 9.17) is 15.0 Å². The Morgan fingerprint density at radius 3 is 1.68 bits per heavy atom. The molecule has 0 aliphatic carbocycles. The predicted molar refractivity (Wildman–Crippen MR) is 240 cm³/mol. The van der Waals surface area contributed by atoms with Crippen LogP contribution in [0, 0.1) is 0 Å². The first-order chi connectivity index (χ1) is 28.2. The van der Waals surface area contributed by atoms with E-state index in [2.05, 4.69) is 188 Å². The summed E-state index contributed by atoms with van der Waals surface area (Å²) in [5.41, 5.74) is 12.6. The number of rotatable bonds is 6. The summed E-state index contributed by atoms with van der Waals surface area (Å²) >= 11 is 1.84. The number of pyridine rings is 1. The van der Waals surface area contributed by atoms with E-state index in [0.29, 0.717) is 5.82 Å². The molecule has 0 saturated heterocycles. The van der Waals surface area contributed by atoms with Crippen molar-refractivity contribution in [2.75, 3.05) is 0 Å². The second kappa shape index (κ2) is 13.8. The molecule has 0 bridgehead atoms. The molecular weight excluding hydrogens is 711 g/mol. The summed E-state index contributed by atoms with van der Waals surface area (Å²) < 4.78 is 2.51. The van der Waals surface area contributed by atoms with Gasteiger partial charge in [0.1, 0.15) is 0 Å². The fourth-order valence-corrected chi connectivity index (χ4v) is 9.28. The lowest BCUT2D eigenvalue weighted by Crippen LogP contribution is -1.96. The molecule has 11 aromatic rings. The van der Waals surface area contributed by atoms with Crippen molar-refractivity contribution in [3.05, 3.63) is 200 Å². The van der Waals surface area contributed by atoms with Crippen molar-refractivity contribution in [2.24, 2.45) is 0 Å². The molecule has 4 heteroatoms. The molecule has 0 radical (unpaired) electrons. The first-order valence-electron chi connectivity index (χ1n) is 19.2. The number of nitrogens with zero attached hydrogens (tertiary/aromatic N) is 3. The maximum absolute atomic E-state index is 5.48. The molecule has 3 nitrogen and oxygen atoms in total. The zero-order chi connectivity index (χ0) is 37.7. The fourth-order valence-electron chi connectivity index (χ4n) is 8.04. The minimum Gasteiger partial charge on any atom is -0.247 e. The maximum Gasteiger partial charge on any atom is 0.160 e. The molecule has 8 aromatic carbocycles. The van der Waals surface area contributed by atoms with Crippen molar-refractivity contribution in [1.82, 2.24) is 15.0 Å². The molecule has 0 N–H and O–H groups in total. The van der Waals surface area contributed by atoms with Gasteiger partial charge in [0.15, 0.2) is 5.82 Å². The van der Waals surface area contributed by atoms with Crippen LogP contribution in [0.3, 0.4) is 0 Å². The smallest absolute Gasteiger partial charge is 0.160 e. The van der Waals surface area contributed by atoms with Crippen molar-refractivity contribution >= 4 is 53.2 Å². The molecule has 11 rings (SSSR count). The summed E-state index contributed by atoms with van der Waals surface area (Å²) in [4.78, 5) is 15.8. The standard InChI is InChI=1S/C53H33N3S/c1-3-12-34(13-4-1)35-22-24-38(25-23-35)47-33-46(37-15-5-2-6-16-37)55-53(56-47)40-28-26-39(27-29-40)51-50-45-19-9-10-21-49(45)57-52(50)44-31-30-41(32-48(44)54-51)43-20-11-17-36-14-7-8-18-42(36)43/h1-33H. The second-order valence-corrected chi connectivity index (χ2v) is 15.4. The van der Waals surface area contributed by atoms with Crippen molar-refractivity contribution in [3.8, 4) is 67.4 Å². The second-order valence-electron chi connectivity index (χ2n) is 14.4. The van der Waals surface area contributed by atoms with Crippen molar-refractivity contribution < 1.29 is 0 Å². The van der Waals surface area contributed by atoms with E-state index < -0.39 is 0 Å². The number of hydrogen-bond donors (Lipinski definition) is 0. The van der Waals surface area contributed by atoms with E-state index in [1.54, 1.807) is 0 Å². The van der Waals surface area contributed by atoms with Crippen LogP contribution in [0.4, 0.5) is 0 Å². The van der Waals surface area contributed by atoms with E-state index in [1.165, 1.54) is 53.0 Å². The zero-order valence-electron chi connectivity index (χ0n) is 30.8. The molecule has 0 saturated carbocycles. The maximum atomic E-state index is 5.48. The van der Waals surface area contributed by atoms with Crippen LogP contribution in [-0.4, -0.2) is 15.0 Å². The van der Waals surface area contributed by atoms with Gasteiger partial charge < -0.3 is 0 Å². The van der Waals surface area contributed by atoms with Crippen LogP contribution in [0.5, 0.6) is 0 Å². The van der Waals surface area contributed by atoms with E-state index in [-0.39, 0.29) is 0 Å². The summed E-state index contributed by atoms with van der Waals surface area (Å²) in [5.74, 6) is 0.683. The first-order valence-corrected chi connectivity index (χ1v) is 20.0. The molecule has 3 heterocycles. The molecule has 57 heavy (non-hydrogen) atoms. The summed E-state index contributed by atoms with van der Waals surface area (Å²) in [6.07, 6.45) is 0. The summed E-state index contributed by atoms with van der Waals surface area (Å²) in [5, 5.41) is 6.06. The Balaban J connectivity index is 1.04. The zero-order valence-corrected chi connectivity index (χ0v) is 31.6. The van der Waals surface area contributed by atoms with Gasteiger partial charge in [0.25, 0.3) is 0 Å². The summed E-state index contributed by atoms with van der Waals surface area (Å²) in [7, 11) is 0. The van der Waals surface area contributed by atoms with Crippen LogP contribution in [0.1, 0.15) is 0 Å². The van der Waals surface area contributed by atoms with E-state index in [1.807, 2.05) is 23.5 Å². The highest BCUT2D eigenvalue weighted by Crippen LogP contribution is 2.44. The van der Waals surface area contributed by atoms with Gasteiger partial charge in [-0.15, -0.1) is 11.3 Å². The van der Waals surface area contributed by atoms with Crippen LogP contribution in [0.15, 0.2) is 200 Å². The van der Waals surface area contributed by atoms with Gasteiger partial charge in [-0.25, -0.2) is 15.0 Å². The normalized spacial score (nSPS) is 11.5. The van der Waals surface area contributed by atoms with Crippen molar-refractivity contribution in [1.29, 1.82) is 0 Å². The molecule has 0 unspecified atom stereocenters. The SMILES string of the molecule is c1ccc(-c2ccc(-c3cc(-c4ccccc4)nc(-c4ccc(-c5nc6cc(-c7cccc8ccccc78)ccc6c6sc7ccccc7c56)cc4)n3)cc2)cc1. The average Bonchev–Trinajstić information content (AvgIpc) is 3.69. The monoisotopic (exact) mass is 743 g/mol. The Morgan fingerprint density at radius 1 is 0.351 bits per heavy atom. The van der Waals surface area contributed by atoms with E-state index >= 15 is 0 Å². The minimum atomic E-state index is 0.683. The lowest BCUT2D eigenvalue weighted by atomic mass is 9.96. The van der Waals surface area contributed by atoms with Gasteiger partial charge in [-0.2, -0.15) is 0 Å². The molecule has 0 spiro atoms. The van der Waals surface area contributed by atoms with Gasteiger partial charge in [-0.3, -0.25) is 0 Å². The van der Waals surface area contributed by atoms with Gasteiger partial charge in [-0.05, 0) is 51.2 Å². The topological polar surface area (TPSA) is 38.7 Å². The Kier molecular flexibility index (Phi) is 8.01. The molecular formula is C53H33N3S. The molecule has 3 aromatic heterocycles. The van der Waals surface area contributed by atoms with Gasteiger partial charge >= 0.3 is 0 Å². The lowest BCUT2D eigenvalue weighted by Gasteiger charge is -2.12. The van der Waals surface area contributed by atoms with Crippen LogP contribution in [-0.2, 0) is 0 Å². The number of thiophene rings is 1. The fraction of sp³-hybridized carbons (Fsp3) is 0. The van der Waals surface area contributed by atoms with Crippen LogP contribution in [0.25, 0.3) is 109 Å². The number of benzene rings is 8. The van der Waals surface area contributed by atoms with E-state index in [9.17, 15) is 0 Å². The Bertz CT molecular complexity index is 3260. The Morgan fingerprint density at radius 2 is 0.912 bits per heavy atom. The highest BCUT2D eigenvalue weighted by molar-refractivity contribution is 7.26. The van der Waals surface area contributed by atoms with Gasteiger partial charge in [0.05, 0.1) is 22.6 Å². The van der Waals surface area contributed by atoms with Gasteiger partial charge in [0, 0.05) is 47.8 Å². The third kappa shape index (κ3) is 5.95. The highest BCUT2D eigenvalue weighted by Gasteiger charge is 2.18. The molecule has 0 aliphatic heterocycles. The highest BCUT2D eigenvalue weighted by atomic mass is 32.1. The van der Waals surface area contributed by atoms with E-state index in [0.717, 1.165) is 50.4 Å². The molecule has 0 amide bonds. The predicted octanol–water partition coefficient (Wildman–Crippen LogP) is 14.5. The number of aromatic nitrogens is 3. The van der Waals surface area contributed by atoms with Crippen LogP contribution < -0.4 is 0 Å². The number of fused-ring (bicyclic) bond motifs is 6. The largest absolute Gasteiger partial charge is 0.247 e. The van der Waals surface area contributed by atoms with Crippen LogP contribution in [0.2, 0.25) is 0 Å². The Hall–Kier alpha value is -7.27. The quantitative estimate of drug-likeness (QED) is 0.170.